The Morgan fingerprint density at radius 3 is 3.00 bits per heavy atom. The maximum absolute atomic E-state index is 11.5. The van der Waals surface area contributed by atoms with E-state index in [0.717, 1.165) is 11.4 Å². The summed E-state index contributed by atoms with van der Waals surface area (Å²) in [6, 6.07) is 8.98. The topological polar surface area (TPSA) is 46.9 Å². The van der Waals surface area contributed by atoms with Crippen LogP contribution in [0, 0.1) is 0 Å². The van der Waals surface area contributed by atoms with Crippen molar-refractivity contribution in [1.82, 2.24) is 9.55 Å². The molecule has 0 unspecified atom stereocenters. The molecule has 4 nitrogen and oxygen atoms in total. The van der Waals surface area contributed by atoms with Crippen LogP contribution in [0.15, 0.2) is 47.5 Å². The van der Waals surface area contributed by atoms with Gasteiger partial charge in [-0.2, -0.15) is 0 Å². The quantitative estimate of drug-likeness (QED) is 0.840. The summed E-state index contributed by atoms with van der Waals surface area (Å²) in [7, 11) is 1.82. The molecule has 0 aliphatic rings. The standard InChI is InChI=1S/C12H13N3O/c1-13-11-8-10(5-6-14-11)9-15-7-3-2-4-12(15)16/h2-8H,9H2,1H3,(H,13,14). The van der Waals surface area contributed by atoms with Crippen molar-refractivity contribution in [3.63, 3.8) is 0 Å². The molecule has 0 radical (unpaired) electrons. The fourth-order valence-corrected chi connectivity index (χ4v) is 1.50. The molecule has 0 aliphatic heterocycles. The highest BCUT2D eigenvalue weighted by Crippen LogP contribution is 2.06. The molecule has 0 fully saturated rings. The van der Waals surface area contributed by atoms with Crippen molar-refractivity contribution in [2.75, 3.05) is 12.4 Å². The van der Waals surface area contributed by atoms with Gasteiger partial charge in [-0.15, -0.1) is 0 Å². The first-order valence-electron chi connectivity index (χ1n) is 5.08. The zero-order valence-electron chi connectivity index (χ0n) is 9.05. The highest BCUT2D eigenvalue weighted by molar-refractivity contribution is 5.36. The highest BCUT2D eigenvalue weighted by Gasteiger charge is 1.98. The summed E-state index contributed by atoms with van der Waals surface area (Å²) in [5, 5.41) is 2.97. The summed E-state index contributed by atoms with van der Waals surface area (Å²) >= 11 is 0. The number of hydrogen-bond acceptors (Lipinski definition) is 3. The van der Waals surface area contributed by atoms with Crippen molar-refractivity contribution in [2.24, 2.45) is 0 Å². The zero-order chi connectivity index (χ0) is 11.4. The van der Waals surface area contributed by atoms with E-state index >= 15 is 0 Å². The van der Waals surface area contributed by atoms with Crippen LogP contribution in [0.2, 0.25) is 0 Å². The molecular weight excluding hydrogens is 202 g/mol. The largest absolute Gasteiger partial charge is 0.373 e. The smallest absolute Gasteiger partial charge is 0.250 e. The summed E-state index contributed by atoms with van der Waals surface area (Å²) in [4.78, 5) is 15.6. The first kappa shape index (κ1) is 10.4. The lowest BCUT2D eigenvalue weighted by atomic mass is 10.2. The van der Waals surface area contributed by atoms with Gasteiger partial charge in [-0.05, 0) is 23.8 Å². The molecule has 16 heavy (non-hydrogen) atoms. The summed E-state index contributed by atoms with van der Waals surface area (Å²) in [6.07, 6.45) is 3.51. The Kier molecular flexibility index (Phi) is 3.00. The molecule has 0 amide bonds. The molecule has 0 bridgehead atoms. The SMILES string of the molecule is CNc1cc(Cn2ccccc2=O)ccn1. The van der Waals surface area contributed by atoms with Crippen LogP contribution in [-0.4, -0.2) is 16.6 Å². The van der Waals surface area contributed by atoms with Crippen molar-refractivity contribution in [3.8, 4) is 0 Å². The van der Waals surface area contributed by atoms with E-state index in [1.807, 2.05) is 25.2 Å². The van der Waals surface area contributed by atoms with Crippen LogP contribution in [-0.2, 0) is 6.54 Å². The summed E-state index contributed by atoms with van der Waals surface area (Å²) in [6.45, 7) is 0.566. The average molecular weight is 215 g/mol. The zero-order valence-corrected chi connectivity index (χ0v) is 9.05. The van der Waals surface area contributed by atoms with Crippen LogP contribution in [0.1, 0.15) is 5.56 Å². The number of pyridine rings is 2. The monoisotopic (exact) mass is 215 g/mol. The lowest BCUT2D eigenvalue weighted by Crippen LogP contribution is -2.18. The van der Waals surface area contributed by atoms with E-state index in [1.54, 1.807) is 29.1 Å². The molecule has 2 aromatic rings. The molecule has 2 aromatic heterocycles. The normalized spacial score (nSPS) is 10.1. The fraction of sp³-hybridized carbons (Fsp3) is 0.167. The summed E-state index contributed by atoms with van der Waals surface area (Å²) in [5.41, 5.74) is 1.05. The van der Waals surface area contributed by atoms with Gasteiger partial charge in [0.1, 0.15) is 5.82 Å². The van der Waals surface area contributed by atoms with Gasteiger partial charge in [0, 0.05) is 25.5 Å². The molecule has 0 aliphatic carbocycles. The third-order valence-electron chi connectivity index (χ3n) is 2.33. The molecule has 0 saturated heterocycles. The van der Waals surface area contributed by atoms with Crippen molar-refractivity contribution < 1.29 is 0 Å². The molecule has 82 valence electrons. The van der Waals surface area contributed by atoms with E-state index in [1.165, 1.54) is 0 Å². The average Bonchev–Trinajstić information content (AvgIpc) is 2.32. The molecule has 0 saturated carbocycles. The van der Waals surface area contributed by atoms with Gasteiger partial charge in [0.15, 0.2) is 0 Å². The van der Waals surface area contributed by atoms with Gasteiger partial charge in [-0.25, -0.2) is 4.98 Å². The number of nitrogens with one attached hydrogen (secondary N) is 1. The van der Waals surface area contributed by atoms with Crippen LogP contribution < -0.4 is 10.9 Å². The Bertz CT molecular complexity index is 534. The fourth-order valence-electron chi connectivity index (χ4n) is 1.50. The maximum Gasteiger partial charge on any atom is 0.250 e. The van der Waals surface area contributed by atoms with Gasteiger partial charge in [0.2, 0.25) is 0 Å². The molecule has 4 heteroatoms. The Morgan fingerprint density at radius 1 is 1.38 bits per heavy atom. The minimum atomic E-state index is 0.00493. The Balaban J connectivity index is 2.27. The van der Waals surface area contributed by atoms with Gasteiger partial charge in [-0.3, -0.25) is 4.79 Å². The molecule has 0 spiro atoms. The van der Waals surface area contributed by atoms with E-state index in [-0.39, 0.29) is 5.56 Å². The van der Waals surface area contributed by atoms with Crippen LogP contribution in [0.5, 0.6) is 0 Å². The number of nitrogens with zero attached hydrogens (tertiary/aromatic N) is 2. The number of hydrogen-bond donors (Lipinski definition) is 1. The van der Waals surface area contributed by atoms with Gasteiger partial charge in [-0.1, -0.05) is 6.07 Å². The highest BCUT2D eigenvalue weighted by atomic mass is 16.1. The van der Waals surface area contributed by atoms with Crippen molar-refractivity contribution in [2.45, 2.75) is 6.54 Å². The molecular formula is C12H13N3O. The van der Waals surface area contributed by atoms with Crippen LogP contribution in [0.3, 0.4) is 0 Å². The number of rotatable bonds is 3. The van der Waals surface area contributed by atoms with E-state index < -0.39 is 0 Å². The third kappa shape index (κ3) is 2.28. The second-order valence-electron chi connectivity index (χ2n) is 3.47. The van der Waals surface area contributed by atoms with Crippen molar-refractivity contribution in [3.05, 3.63) is 58.6 Å². The van der Waals surface area contributed by atoms with Gasteiger partial charge in [0.05, 0.1) is 6.54 Å². The van der Waals surface area contributed by atoms with E-state index in [2.05, 4.69) is 10.3 Å². The van der Waals surface area contributed by atoms with Crippen LogP contribution >= 0.6 is 0 Å². The van der Waals surface area contributed by atoms with Gasteiger partial charge < -0.3 is 9.88 Å². The van der Waals surface area contributed by atoms with E-state index in [9.17, 15) is 4.79 Å². The van der Waals surface area contributed by atoms with Crippen LogP contribution in [0.25, 0.3) is 0 Å². The Morgan fingerprint density at radius 2 is 2.25 bits per heavy atom. The second-order valence-corrected chi connectivity index (χ2v) is 3.47. The second kappa shape index (κ2) is 4.61. The lowest BCUT2D eigenvalue weighted by molar-refractivity contribution is 0.758. The van der Waals surface area contributed by atoms with E-state index in [0.29, 0.717) is 6.54 Å². The number of aromatic nitrogens is 2. The van der Waals surface area contributed by atoms with Gasteiger partial charge in [0.25, 0.3) is 5.56 Å². The van der Waals surface area contributed by atoms with E-state index in [4.69, 9.17) is 0 Å². The van der Waals surface area contributed by atoms with Crippen LogP contribution in [0.4, 0.5) is 5.82 Å². The van der Waals surface area contributed by atoms with Gasteiger partial charge >= 0.3 is 0 Å². The third-order valence-corrected chi connectivity index (χ3v) is 2.33. The minimum absolute atomic E-state index is 0.00493. The first-order valence-corrected chi connectivity index (χ1v) is 5.08. The van der Waals surface area contributed by atoms with Crippen molar-refractivity contribution in [1.29, 1.82) is 0 Å². The number of anilines is 1. The summed E-state index contributed by atoms with van der Waals surface area (Å²) < 4.78 is 1.66. The Hall–Kier alpha value is -2.10. The predicted octanol–water partition coefficient (Wildman–Crippen LogP) is 1.33. The summed E-state index contributed by atoms with van der Waals surface area (Å²) in [5.74, 6) is 0.807. The molecule has 1 N–H and O–H groups in total. The molecule has 2 rings (SSSR count). The minimum Gasteiger partial charge on any atom is -0.373 e. The first-order chi connectivity index (χ1) is 7.79. The molecule has 0 atom stereocenters. The molecule has 2 heterocycles. The molecule has 0 aromatic carbocycles. The lowest BCUT2D eigenvalue weighted by Gasteiger charge is -2.06. The van der Waals surface area contributed by atoms with Crippen molar-refractivity contribution >= 4 is 5.82 Å². The Labute approximate surface area is 93.6 Å². The maximum atomic E-state index is 11.5. The predicted molar refractivity (Wildman–Crippen MR) is 63.6 cm³/mol.